The van der Waals surface area contributed by atoms with E-state index in [9.17, 15) is 14.4 Å². The molecule has 0 saturated heterocycles. The molecule has 1 aliphatic carbocycles. The van der Waals surface area contributed by atoms with Gasteiger partial charge in [-0.05, 0) is 43.2 Å². The van der Waals surface area contributed by atoms with Gasteiger partial charge >= 0.3 is 5.97 Å². The lowest BCUT2D eigenvalue weighted by Crippen LogP contribution is -2.14. The van der Waals surface area contributed by atoms with Crippen LogP contribution in [0.15, 0.2) is 36.4 Å². The Morgan fingerprint density at radius 3 is 2.38 bits per heavy atom. The average Bonchev–Trinajstić information content (AvgIpc) is 3.31. The number of anilines is 2. The molecule has 0 unspecified atom stereocenters. The van der Waals surface area contributed by atoms with E-state index in [1.54, 1.807) is 36.4 Å². The molecule has 2 amide bonds. The number of hydrogen-bond donors (Lipinski definition) is 2. The Balaban J connectivity index is 1.66. The van der Waals surface area contributed by atoms with Gasteiger partial charge in [0.05, 0.1) is 12.0 Å². The zero-order valence-electron chi connectivity index (χ0n) is 13.0. The number of carbonyl (C=O) groups is 3. The highest BCUT2D eigenvalue weighted by molar-refractivity contribution is 7.16. The van der Waals surface area contributed by atoms with Gasteiger partial charge in [0.1, 0.15) is 4.88 Å². The smallest absolute Gasteiger partial charge is 0.348 e. The van der Waals surface area contributed by atoms with Gasteiger partial charge < -0.3 is 15.4 Å². The number of ether oxygens (including phenoxy) is 1. The second kappa shape index (κ2) is 6.84. The van der Waals surface area contributed by atoms with Crippen molar-refractivity contribution in [2.45, 2.75) is 12.8 Å². The molecule has 1 saturated carbocycles. The van der Waals surface area contributed by atoms with Crippen LogP contribution in [0.5, 0.6) is 0 Å². The fourth-order valence-corrected chi connectivity index (χ4v) is 2.95. The van der Waals surface area contributed by atoms with E-state index in [0.717, 1.165) is 24.2 Å². The minimum Gasteiger partial charge on any atom is -0.465 e. The lowest BCUT2D eigenvalue weighted by atomic mass is 10.2. The molecule has 0 atom stereocenters. The van der Waals surface area contributed by atoms with Crippen molar-refractivity contribution < 1.29 is 19.1 Å². The fourth-order valence-electron chi connectivity index (χ4n) is 2.13. The van der Waals surface area contributed by atoms with Crippen LogP contribution in [0.25, 0.3) is 0 Å². The summed E-state index contributed by atoms with van der Waals surface area (Å²) >= 11 is 1.06. The lowest BCUT2D eigenvalue weighted by molar-refractivity contribution is -0.117. The largest absolute Gasteiger partial charge is 0.465 e. The number of methoxy groups -OCH3 is 1. The second-order valence-electron chi connectivity index (χ2n) is 5.45. The second-order valence-corrected chi connectivity index (χ2v) is 6.54. The molecule has 1 aromatic carbocycles. The highest BCUT2D eigenvalue weighted by Crippen LogP contribution is 2.30. The summed E-state index contributed by atoms with van der Waals surface area (Å²) in [4.78, 5) is 36.2. The topological polar surface area (TPSA) is 84.5 Å². The number of esters is 1. The van der Waals surface area contributed by atoms with Gasteiger partial charge in [0, 0.05) is 17.3 Å². The lowest BCUT2D eigenvalue weighted by Gasteiger charge is -2.08. The van der Waals surface area contributed by atoms with E-state index in [4.69, 9.17) is 0 Å². The van der Waals surface area contributed by atoms with Crippen LogP contribution >= 0.6 is 11.3 Å². The van der Waals surface area contributed by atoms with Crippen LogP contribution in [0.2, 0.25) is 0 Å². The first-order valence-electron chi connectivity index (χ1n) is 7.47. The Kier molecular flexibility index (Phi) is 4.61. The van der Waals surface area contributed by atoms with Crippen molar-refractivity contribution in [2.24, 2.45) is 5.92 Å². The van der Waals surface area contributed by atoms with Crippen molar-refractivity contribution >= 4 is 40.5 Å². The van der Waals surface area contributed by atoms with Crippen LogP contribution in [-0.4, -0.2) is 24.9 Å². The molecule has 2 N–H and O–H groups in total. The first-order valence-corrected chi connectivity index (χ1v) is 8.29. The van der Waals surface area contributed by atoms with Gasteiger partial charge in [0.15, 0.2) is 0 Å². The molecule has 124 valence electrons. The number of carbonyl (C=O) groups excluding carboxylic acids is 3. The van der Waals surface area contributed by atoms with Gasteiger partial charge in [-0.2, -0.15) is 0 Å². The molecular formula is C17H16N2O4S. The molecule has 0 aliphatic heterocycles. The number of amides is 2. The number of hydrogen-bond acceptors (Lipinski definition) is 5. The molecule has 6 nitrogen and oxygen atoms in total. The SMILES string of the molecule is COC(=O)c1ccc(C(=O)Nc2cccc(NC(=O)C3CC3)c2)s1. The quantitative estimate of drug-likeness (QED) is 0.816. The third-order valence-corrected chi connectivity index (χ3v) is 4.62. The van der Waals surface area contributed by atoms with Crippen LogP contribution in [0.3, 0.4) is 0 Å². The van der Waals surface area contributed by atoms with Crippen molar-refractivity contribution in [2.75, 3.05) is 17.7 Å². The van der Waals surface area contributed by atoms with Gasteiger partial charge in [-0.25, -0.2) is 4.79 Å². The average molecular weight is 344 g/mol. The molecule has 0 spiro atoms. The predicted molar refractivity (Wildman–Crippen MR) is 91.4 cm³/mol. The van der Waals surface area contributed by atoms with Crippen LogP contribution in [-0.2, 0) is 9.53 Å². The van der Waals surface area contributed by atoms with E-state index < -0.39 is 5.97 Å². The van der Waals surface area contributed by atoms with Crippen molar-refractivity contribution in [3.63, 3.8) is 0 Å². The molecule has 1 aromatic heterocycles. The Labute approximate surface area is 142 Å². The zero-order chi connectivity index (χ0) is 17.1. The van der Waals surface area contributed by atoms with Crippen molar-refractivity contribution in [3.05, 3.63) is 46.2 Å². The first-order chi connectivity index (χ1) is 11.6. The monoisotopic (exact) mass is 344 g/mol. The molecular weight excluding hydrogens is 328 g/mol. The summed E-state index contributed by atoms with van der Waals surface area (Å²) in [5.41, 5.74) is 1.22. The summed E-state index contributed by atoms with van der Waals surface area (Å²) in [5.74, 6) is -0.657. The minimum atomic E-state index is -0.469. The van der Waals surface area contributed by atoms with Gasteiger partial charge in [-0.3, -0.25) is 9.59 Å². The first kappa shape index (κ1) is 16.2. The zero-order valence-corrected chi connectivity index (χ0v) is 13.8. The molecule has 1 aliphatic rings. The summed E-state index contributed by atoms with van der Waals surface area (Å²) in [6, 6.07) is 10.1. The normalized spacial score (nSPS) is 13.2. The number of thiophene rings is 1. The van der Waals surface area contributed by atoms with E-state index in [2.05, 4.69) is 15.4 Å². The highest BCUT2D eigenvalue weighted by atomic mass is 32.1. The van der Waals surface area contributed by atoms with Crippen LogP contribution < -0.4 is 10.6 Å². The van der Waals surface area contributed by atoms with Crippen molar-refractivity contribution in [1.82, 2.24) is 0 Å². The molecule has 24 heavy (non-hydrogen) atoms. The fraction of sp³-hybridized carbons (Fsp3) is 0.235. The van der Waals surface area contributed by atoms with Crippen LogP contribution in [0.1, 0.15) is 32.2 Å². The van der Waals surface area contributed by atoms with Crippen molar-refractivity contribution in [3.8, 4) is 0 Å². The van der Waals surface area contributed by atoms with E-state index >= 15 is 0 Å². The number of rotatable bonds is 5. The molecule has 2 aromatic rings. The number of benzene rings is 1. The standard InChI is InChI=1S/C17H16N2O4S/c1-23-17(22)14-8-7-13(24-14)16(21)19-12-4-2-3-11(9-12)18-15(20)10-5-6-10/h2-4,7-10H,5-6H2,1H3,(H,18,20)(H,19,21). The van der Waals surface area contributed by atoms with Gasteiger partial charge in [-0.15, -0.1) is 11.3 Å². The van der Waals surface area contributed by atoms with E-state index in [0.29, 0.717) is 21.1 Å². The molecule has 7 heteroatoms. The Bertz CT molecular complexity index is 795. The molecule has 1 fully saturated rings. The van der Waals surface area contributed by atoms with Crippen molar-refractivity contribution in [1.29, 1.82) is 0 Å². The van der Waals surface area contributed by atoms with E-state index in [1.807, 2.05) is 0 Å². The van der Waals surface area contributed by atoms with E-state index in [1.165, 1.54) is 7.11 Å². The Morgan fingerprint density at radius 2 is 1.71 bits per heavy atom. The van der Waals surface area contributed by atoms with Gasteiger partial charge in [0.25, 0.3) is 5.91 Å². The molecule has 0 bridgehead atoms. The van der Waals surface area contributed by atoms with Crippen LogP contribution in [0, 0.1) is 5.92 Å². The summed E-state index contributed by atoms with van der Waals surface area (Å²) < 4.78 is 4.62. The number of nitrogens with one attached hydrogen (secondary N) is 2. The minimum absolute atomic E-state index is 0.0134. The Hall–Kier alpha value is -2.67. The van der Waals surface area contributed by atoms with E-state index in [-0.39, 0.29) is 17.7 Å². The maximum absolute atomic E-state index is 12.2. The molecule has 1 heterocycles. The summed E-state index contributed by atoms with van der Waals surface area (Å²) in [6.07, 6.45) is 1.87. The Morgan fingerprint density at radius 1 is 1.04 bits per heavy atom. The predicted octanol–water partition coefficient (Wildman–Crippen LogP) is 3.14. The summed E-state index contributed by atoms with van der Waals surface area (Å²) in [7, 11) is 1.29. The summed E-state index contributed by atoms with van der Waals surface area (Å²) in [6.45, 7) is 0. The maximum Gasteiger partial charge on any atom is 0.348 e. The van der Waals surface area contributed by atoms with Crippen LogP contribution in [0.4, 0.5) is 11.4 Å². The summed E-state index contributed by atoms with van der Waals surface area (Å²) in [5, 5.41) is 5.59. The highest BCUT2D eigenvalue weighted by Gasteiger charge is 2.29. The third kappa shape index (κ3) is 3.80. The molecule has 3 rings (SSSR count). The van der Waals surface area contributed by atoms with Gasteiger partial charge in [-0.1, -0.05) is 6.07 Å². The molecule has 0 radical (unpaired) electrons. The maximum atomic E-state index is 12.2. The third-order valence-electron chi connectivity index (χ3n) is 3.55. The van der Waals surface area contributed by atoms with Gasteiger partial charge in [0.2, 0.25) is 5.91 Å².